The molecule has 3 rings (SSSR count). The zero-order valence-corrected chi connectivity index (χ0v) is 16.5. The summed E-state index contributed by atoms with van der Waals surface area (Å²) < 4.78 is 15.2. The van der Waals surface area contributed by atoms with Crippen molar-refractivity contribution < 1.29 is 9.18 Å². The van der Waals surface area contributed by atoms with Crippen LogP contribution in [0, 0.1) is 23.2 Å². The van der Waals surface area contributed by atoms with Crippen LogP contribution in [0.15, 0.2) is 54.9 Å². The highest BCUT2D eigenvalue weighted by Gasteiger charge is 2.17. The van der Waals surface area contributed by atoms with Gasteiger partial charge in [-0.05, 0) is 84.5 Å². The summed E-state index contributed by atoms with van der Waals surface area (Å²) in [7, 11) is 0. The van der Waals surface area contributed by atoms with Gasteiger partial charge in [-0.25, -0.2) is 4.39 Å². The number of aryl methyl sites for hydroxylation is 1. The number of pyridine rings is 1. The van der Waals surface area contributed by atoms with Crippen LogP contribution in [0.5, 0.6) is 0 Å². The van der Waals surface area contributed by atoms with Gasteiger partial charge in [-0.15, -0.1) is 0 Å². The maximum atomic E-state index is 14.1. The number of halogens is 2. The second kappa shape index (κ2) is 7.82. The largest absolute Gasteiger partial charge is 0.354 e. The molecule has 0 fully saturated rings. The first-order valence-electron chi connectivity index (χ1n) is 7.99. The van der Waals surface area contributed by atoms with Gasteiger partial charge in [0.2, 0.25) is 0 Å². The number of hydrogen-bond donors (Lipinski definition) is 2. The molecule has 0 atom stereocenters. The van der Waals surface area contributed by atoms with Crippen molar-refractivity contribution in [2.45, 2.75) is 13.8 Å². The van der Waals surface area contributed by atoms with Crippen molar-refractivity contribution in [2.75, 3.05) is 10.6 Å². The number of aromatic nitrogens is 1. The summed E-state index contributed by atoms with van der Waals surface area (Å²) in [6, 6.07) is 12.1. The number of amides is 1. The Hall–Kier alpha value is -2.48. The van der Waals surface area contributed by atoms with Gasteiger partial charge in [0.15, 0.2) is 0 Å². The molecule has 0 aliphatic rings. The van der Waals surface area contributed by atoms with E-state index < -0.39 is 0 Å². The molecule has 2 aromatic carbocycles. The van der Waals surface area contributed by atoms with Crippen LogP contribution >= 0.6 is 22.6 Å². The Kier molecular flexibility index (Phi) is 5.51. The Bertz CT molecular complexity index is 961. The summed E-state index contributed by atoms with van der Waals surface area (Å²) in [5, 5.41) is 6.04. The summed E-state index contributed by atoms with van der Waals surface area (Å²) in [5.41, 5.74) is 3.70. The first-order chi connectivity index (χ1) is 12.5. The molecular formula is C20H17FIN3O. The molecule has 1 heterocycles. The number of carbonyl (C=O) groups is 1. The maximum Gasteiger partial charge on any atom is 0.257 e. The molecular weight excluding hydrogens is 444 g/mol. The zero-order valence-electron chi connectivity index (χ0n) is 14.3. The second-order valence-corrected chi connectivity index (χ2v) is 7.11. The third kappa shape index (κ3) is 4.01. The smallest absolute Gasteiger partial charge is 0.257 e. The fourth-order valence-corrected chi connectivity index (χ4v) is 3.22. The molecule has 6 heteroatoms. The Labute approximate surface area is 165 Å². The third-order valence-corrected chi connectivity index (χ3v) is 4.70. The van der Waals surface area contributed by atoms with Gasteiger partial charge in [0.1, 0.15) is 5.82 Å². The Morgan fingerprint density at radius 1 is 1.08 bits per heavy atom. The van der Waals surface area contributed by atoms with Gasteiger partial charge in [-0.3, -0.25) is 9.78 Å². The van der Waals surface area contributed by atoms with Crippen molar-refractivity contribution in [3.63, 3.8) is 0 Å². The third-order valence-electron chi connectivity index (χ3n) is 4.03. The van der Waals surface area contributed by atoms with Crippen molar-refractivity contribution in [1.29, 1.82) is 0 Å². The van der Waals surface area contributed by atoms with Crippen LogP contribution in [0.4, 0.5) is 21.5 Å². The van der Waals surface area contributed by atoms with E-state index in [0.717, 1.165) is 14.8 Å². The molecule has 0 aliphatic heterocycles. The van der Waals surface area contributed by atoms with Crippen LogP contribution in [0.25, 0.3) is 0 Å². The van der Waals surface area contributed by atoms with Gasteiger partial charge in [-0.1, -0.05) is 0 Å². The highest BCUT2D eigenvalue weighted by Crippen LogP contribution is 2.30. The molecule has 1 amide bonds. The summed E-state index contributed by atoms with van der Waals surface area (Å²) in [6.07, 6.45) is 3.19. The maximum absolute atomic E-state index is 14.1. The van der Waals surface area contributed by atoms with Crippen molar-refractivity contribution in [3.8, 4) is 0 Å². The van der Waals surface area contributed by atoms with Gasteiger partial charge >= 0.3 is 0 Å². The average Bonchev–Trinajstić information content (AvgIpc) is 2.62. The lowest BCUT2D eigenvalue weighted by atomic mass is 10.1. The predicted molar refractivity (Wildman–Crippen MR) is 111 cm³/mol. The van der Waals surface area contributed by atoms with E-state index in [1.54, 1.807) is 31.5 Å². The Balaban J connectivity index is 1.98. The molecule has 0 saturated heterocycles. The monoisotopic (exact) mass is 461 g/mol. The fourth-order valence-electron chi connectivity index (χ4n) is 2.57. The van der Waals surface area contributed by atoms with Crippen molar-refractivity contribution in [2.24, 2.45) is 0 Å². The quantitative estimate of drug-likeness (QED) is 0.509. The summed E-state index contributed by atoms with van der Waals surface area (Å²) in [6.45, 7) is 3.62. The Morgan fingerprint density at radius 2 is 1.81 bits per heavy atom. The highest BCUT2D eigenvalue weighted by molar-refractivity contribution is 14.1. The standard InChI is InChI=1S/C20H17FIN3O/c1-12-11-14(22)3-6-18(12)25-19-13(2)17(21)5-4-16(19)20(26)24-15-7-9-23-10-8-15/h3-11,25H,1-2H3,(H,23,24,26). The summed E-state index contributed by atoms with van der Waals surface area (Å²) in [4.78, 5) is 16.7. The lowest BCUT2D eigenvalue weighted by Crippen LogP contribution is -2.15. The summed E-state index contributed by atoms with van der Waals surface area (Å²) >= 11 is 2.24. The minimum absolute atomic E-state index is 0.315. The van der Waals surface area contributed by atoms with E-state index in [0.29, 0.717) is 22.5 Å². The predicted octanol–water partition coefficient (Wildman–Crippen LogP) is 5.44. The van der Waals surface area contributed by atoms with Gasteiger partial charge in [0.25, 0.3) is 5.91 Å². The molecule has 0 aliphatic carbocycles. The molecule has 26 heavy (non-hydrogen) atoms. The van der Waals surface area contributed by atoms with E-state index in [1.165, 1.54) is 12.1 Å². The molecule has 3 aromatic rings. The van der Waals surface area contributed by atoms with E-state index in [9.17, 15) is 9.18 Å². The van der Waals surface area contributed by atoms with E-state index in [1.807, 2.05) is 25.1 Å². The van der Waals surface area contributed by atoms with Crippen molar-refractivity contribution in [1.82, 2.24) is 4.98 Å². The van der Waals surface area contributed by atoms with Crippen LogP contribution in [0.3, 0.4) is 0 Å². The van der Waals surface area contributed by atoms with E-state index in [4.69, 9.17) is 0 Å². The van der Waals surface area contributed by atoms with Gasteiger partial charge < -0.3 is 10.6 Å². The molecule has 1 aromatic heterocycles. The van der Waals surface area contributed by atoms with Gasteiger partial charge in [0, 0.05) is 32.9 Å². The molecule has 4 nitrogen and oxygen atoms in total. The topological polar surface area (TPSA) is 54.0 Å². The van der Waals surface area contributed by atoms with Crippen LogP contribution in [0.2, 0.25) is 0 Å². The number of rotatable bonds is 4. The molecule has 0 radical (unpaired) electrons. The first kappa shape index (κ1) is 18.3. The minimum atomic E-state index is -0.365. The number of carbonyl (C=O) groups excluding carboxylic acids is 1. The molecule has 132 valence electrons. The number of nitrogens with zero attached hydrogens (tertiary/aromatic N) is 1. The van der Waals surface area contributed by atoms with Crippen LogP contribution < -0.4 is 10.6 Å². The Morgan fingerprint density at radius 3 is 2.50 bits per heavy atom. The van der Waals surface area contributed by atoms with Gasteiger partial charge in [0.05, 0.1) is 11.3 Å². The molecule has 0 saturated carbocycles. The summed E-state index contributed by atoms with van der Waals surface area (Å²) in [5.74, 6) is -0.680. The number of anilines is 3. The molecule has 0 bridgehead atoms. The van der Waals surface area contributed by atoms with Gasteiger partial charge in [-0.2, -0.15) is 0 Å². The van der Waals surface area contributed by atoms with E-state index in [2.05, 4.69) is 38.2 Å². The van der Waals surface area contributed by atoms with Crippen molar-refractivity contribution in [3.05, 3.63) is 80.9 Å². The first-order valence-corrected chi connectivity index (χ1v) is 9.07. The number of benzene rings is 2. The molecule has 0 unspecified atom stereocenters. The van der Waals surface area contributed by atoms with Crippen LogP contribution in [-0.2, 0) is 0 Å². The number of nitrogens with one attached hydrogen (secondary N) is 2. The zero-order chi connectivity index (χ0) is 18.7. The SMILES string of the molecule is Cc1cc(I)ccc1Nc1c(C(=O)Nc2ccncc2)ccc(F)c1C. The minimum Gasteiger partial charge on any atom is -0.354 e. The molecule has 0 spiro atoms. The fraction of sp³-hybridized carbons (Fsp3) is 0.100. The van der Waals surface area contributed by atoms with Crippen LogP contribution in [-0.4, -0.2) is 10.9 Å². The highest BCUT2D eigenvalue weighted by atomic mass is 127. The van der Waals surface area contributed by atoms with E-state index >= 15 is 0 Å². The van der Waals surface area contributed by atoms with Crippen LogP contribution in [0.1, 0.15) is 21.5 Å². The van der Waals surface area contributed by atoms with Crippen molar-refractivity contribution >= 4 is 45.6 Å². The normalized spacial score (nSPS) is 10.5. The average molecular weight is 461 g/mol. The number of hydrogen-bond acceptors (Lipinski definition) is 3. The molecule has 2 N–H and O–H groups in total. The van der Waals surface area contributed by atoms with E-state index in [-0.39, 0.29) is 11.7 Å². The lowest BCUT2D eigenvalue weighted by molar-refractivity contribution is 0.102. The second-order valence-electron chi connectivity index (χ2n) is 5.87. The lowest BCUT2D eigenvalue weighted by Gasteiger charge is -2.17.